The van der Waals surface area contributed by atoms with Gasteiger partial charge in [0.2, 0.25) is 0 Å². The van der Waals surface area contributed by atoms with Crippen LogP contribution >= 0.6 is 0 Å². The highest BCUT2D eigenvalue weighted by Crippen LogP contribution is 2.22. The van der Waals surface area contributed by atoms with Crippen LogP contribution < -0.4 is 10.1 Å². The van der Waals surface area contributed by atoms with E-state index >= 15 is 0 Å². The molecule has 23 heavy (non-hydrogen) atoms. The lowest BCUT2D eigenvalue weighted by Crippen LogP contribution is -2.25. The molecule has 0 atom stereocenters. The van der Waals surface area contributed by atoms with Crippen LogP contribution in [0.4, 0.5) is 0 Å². The van der Waals surface area contributed by atoms with E-state index in [-0.39, 0.29) is 5.91 Å². The molecule has 6 nitrogen and oxygen atoms in total. The van der Waals surface area contributed by atoms with Gasteiger partial charge >= 0.3 is 0 Å². The normalized spacial score (nSPS) is 10.7. The van der Waals surface area contributed by atoms with Gasteiger partial charge in [0.05, 0.1) is 12.8 Å². The number of imidazole rings is 1. The summed E-state index contributed by atoms with van der Waals surface area (Å²) in [6.07, 6.45) is 5.91. The first-order chi connectivity index (χ1) is 11.2. The van der Waals surface area contributed by atoms with E-state index in [4.69, 9.17) is 4.74 Å². The van der Waals surface area contributed by atoms with E-state index in [1.807, 2.05) is 37.4 Å². The maximum atomic E-state index is 12.6. The van der Waals surface area contributed by atoms with Gasteiger partial charge in [0.1, 0.15) is 5.69 Å². The van der Waals surface area contributed by atoms with E-state index < -0.39 is 0 Å². The molecule has 0 saturated carbocycles. The van der Waals surface area contributed by atoms with E-state index in [1.54, 1.807) is 23.9 Å². The average molecular weight is 310 g/mol. The van der Waals surface area contributed by atoms with E-state index in [0.29, 0.717) is 30.1 Å². The number of aromatic nitrogens is 3. The van der Waals surface area contributed by atoms with Gasteiger partial charge in [-0.25, -0.2) is 4.98 Å². The number of ether oxygens (including phenoxy) is 1. The molecule has 0 saturated heterocycles. The van der Waals surface area contributed by atoms with Crippen LogP contribution in [0.1, 0.15) is 28.7 Å². The molecule has 1 N–H and O–H groups in total. The Bertz CT molecular complexity index is 827. The van der Waals surface area contributed by atoms with Gasteiger partial charge < -0.3 is 10.1 Å². The Balaban J connectivity index is 1.93. The standard InChI is InChI=1S/C17H18N4O2/c1-3-13-15(17(22)19-11-12-6-8-18-9-7-12)21-10-4-5-14(23-2)16(21)20-13/h4-10H,3,11H2,1-2H3,(H,19,22). The van der Waals surface area contributed by atoms with Gasteiger partial charge in [-0.05, 0) is 36.2 Å². The molecule has 0 fully saturated rings. The molecule has 3 aromatic heterocycles. The molecule has 0 radical (unpaired) electrons. The van der Waals surface area contributed by atoms with Crippen LogP contribution in [0.2, 0.25) is 0 Å². The summed E-state index contributed by atoms with van der Waals surface area (Å²) >= 11 is 0. The number of amides is 1. The first kappa shape index (κ1) is 15.0. The average Bonchev–Trinajstić information content (AvgIpc) is 2.99. The van der Waals surface area contributed by atoms with Crippen LogP contribution in [0, 0.1) is 0 Å². The highest BCUT2D eigenvalue weighted by molar-refractivity contribution is 5.95. The van der Waals surface area contributed by atoms with Gasteiger partial charge in [-0.2, -0.15) is 0 Å². The summed E-state index contributed by atoms with van der Waals surface area (Å²) in [5.41, 5.74) is 2.95. The van der Waals surface area contributed by atoms with E-state index in [1.165, 1.54) is 0 Å². The van der Waals surface area contributed by atoms with E-state index in [2.05, 4.69) is 15.3 Å². The zero-order chi connectivity index (χ0) is 16.2. The van der Waals surface area contributed by atoms with Crippen LogP contribution in [0.5, 0.6) is 5.75 Å². The largest absolute Gasteiger partial charge is 0.493 e. The summed E-state index contributed by atoms with van der Waals surface area (Å²) in [5.74, 6) is 0.495. The molecule has 0 unspecified atom stereocenters. The van der Waals surface area contributed by atoms with E-state index in [9.17, 15) is 4.79 Å². The molecular formula is C17H18N4O2. The van der Waals surface area contributed by atoms with Crippen molar-refractivity contribution in [3.05, 3.63) is 59.8 Å². The van der Waals surface area contributed by atoms with Gasteiger partial charge in [-0.1, -0.05) is 6.92 Å². The van der Waals surface area contributed by atoms with Crippen LogP contribution in [0.3, 0.4) is 0 Å². The minimum absolute atomic E-state index is 0.153. The van der Waals surface area contributed by atoms with Crippen molar-refractivity contribution in [2.45, 2.75) is 19.9 Å². The Morgan fingerprint density at radius 1 is 1.30 bits per heavy atom. The first-order valence-electron chi connectivity index (χ1n) is 7.45. The highest BCUT2D eigenvalue weighted by atomic mass is 16.5. The second-order valence-electron chi connectivity index (χ2n) is 5.07. The maximum Gasteiger partial charge on any atom is 0.270 e. The third kappa shape index (κ3) is 2.88. The number of rotatable bonds is 5. The Kier molecular flexibility index (Phi) is 4.23. The third-order valence-electron chi connectivity index (χ3n) is 3.66. The van der Waals surface area contributed by atoms with Crippen LogP contribution in [0.15, 0.2) is 42.9 Å². The maximum absolute atomic E-state index is 12.6. The fraction of sp³-hybridized carbons (Fsp3) is 0.235. The number of hydrogen-bond donors (Lipinski definition) is 1. The van der Waals surface area contributed by atoms with Crippen LogP contribution in [0.25, 0.3) is 5.65 Å². The zero-order valence-corrected chi connectivity index (χ0v) is 13.1. The number of pyridine rings is 2. The van der Waals surface area contributed by atoms with Gasteiger partial charge in [-0.15, -0.1) is 0 Å². The number of hydrogen-bond acceptors (Lipinski definition) is 4. The second kappa shape index (κ2) is 6.48. The summed E-state index contributed by atoms with van der Waals surface area (Å²) in [4.78, 5) is 21.2. The molecule has 1 amide bonds. The van der Waals surface area contributed by atoms with Crippen molar-refractivity contribution in [2.24, 2.45) is 0 Å². The lowest BCUT2D eigenvalue weighted by atomic mass is 10.2. The number of aryl methyl sites for hydroxylation is 1. The number of fused-ring (bicyclic) bond motifs is 1. The topological polar surface area (TPSA) is 68.5 Å². The molecule has 0 bridgehead atoms. The van der Waals surface area contributed by atoms with Gasteiger partial charge in [0.15, 0.2) is 11.4 Å². The van der Waals surface area contributed by atoms with Crippen molar-refractivity contribution in [1.82, 2.24) is 19.7 Å². The number of nitrogens with one attached hydrogen (secondary N) is 1. The number of carbonyl (C=O) groups is 1. The van der Waals surface area contributed by atoms with Crippen molar-refractivity contribution < 1.29 is 9.53 Å². The fourth-order valence-electron chi connectivity index (χ4n) is 2.50. The third-order valence-corrected chi connectivity index (χ3v) is 3.66. The molecule has 0 aliphatic rings. The monoisotopic (exact) mass is 310 g/mol. The van der Waals surface area contributed by atoms with Crippen molar-refractivity contribution in [3.63, 3.8) is 0 Å². The predicted octanol–water partition coefficient (Wildman–Crippen LogP) is 2.23. The second-order valence-corrected chi connectivity index (χ2v) is 5.07. The molecule has 3 aromatic rings. The predicted molar refractivity (Wildman–Crippen MR) is 86.5 cm³/mol. The summed E-state index contributed by atoms with van der Waals surface area (Å²) in [7, 11) is 1.60. The minimum Gasteiger partial charge on any atom is -0.493 e. The molecule has 0 aliphatic heterocycles. The summed E-state index contributed by atoms with van der Waals surface area (Å²) in [6, 6.07) is 7.42. The van der Waals surface area contributed by atoms with Gasteiger partial charge in [0.25, 0.3) is 5.91 Å². The highest BCUT2D eigenvalue weighted by Gasteiger charge is 2.19. The number of nitrogens with zero attached hydrogens (tertiary/aromatic N) is 3. The Hall–Kier alpha value is -2.89. The van der Waals surface area contributed by atoms with Crippen molar-refractivity contribution in [3.8, 4) is 5.75 Å². The summed E-state index contributed by atoms with van der Waals surface area (Å²) < 4.78 is 7.10. The van der Waals surface area contributed by atoms with Gasteiger partial charge in [-0.3, -0.25) is 14.2 Å². The Morgan fingerprint density at radius 2 is 2.09 bits per heavy atom. The van der Waals surface area contributed by atoms with Crippen LogP contribution in [-0.4, -0.2) is 27.4 Å². The number of methoxy groups -OCH3 is 1. The zero-order valence-electron chi connectivity index (χ0n) is 13.1. The summed E-state index contributed by atoms with van der Waals surface area (Å²) in [5, 5.41) is 2.94. The quantitative estimate of drug-likeness (QED) is 0.784. The van der Waals surface area contributed by atoms with Crippen molar-refractivity contribution in [1.29, 1.82) is 0 Å². The lowest BCUT2D eigenvalue weighted by molar-refractivity contribution is 0.0944. The van der Waals surface area contributed by atoms with E-state index in [0.717, 1.165) is 11.3 Å². The Labute approximate surface area is 134 Å². The molecular weight excluding hydrogens is 292 g/mol. The molecule has 3 heterocycles. The molecule has 0 spiro atoms. The molecule has 0 aliphatic carbocycles. The lowest BCUT2D eigenvalue weighted by Gasteiger charge is -2.07. The Morgan fingerprint density at radius 3 is 2.78 bits per heavy atom. The van der Waals surface area contributed by atoms with Crippen molar-refractivity contribution >= 4 is 11.6 Å². The smallest absolute Gasteiger partial charge is 0.270 e. The van der Waals surface area contributed by atoms with Crippen LogP contribution in [-0.2, 0) is 13.0 Å². The first-order valence-corrected chi connectivity index (χ1v) is 7.45. The molecule has 3 rings (SSSR count). The molecule has 6 heteroatoms. The fourth-order valence-corrected chi connectivity index (χ4v) is 2.50. The van der Waals surface area contributed by atoms with Crippen molar-refractivity contribution in [2.75, 3.05) is 7.11 Å². The number of carbonyl (C=O) groups excluding carboxylic acids is 1. The summed E-state index contributed by atoms with van der Waals surface area (Å²) in [6.45, 7) is 2.43. The SMILES string of the molecule is CCc1nc2c(OC)cccn2c1C(=O)NCc1ccncc1. The minimum atomic E-state index is -0.153. The molecule has 118 valence electrons. The molecule has 0 aromatic carbocycles. The van der Waals surface area contributed by atoms with Gasteiger partial charge in [0, 0.05) is 25.1 Å².